The average molecular weight is 270 g/mol. The van der Waals surface area contributed by atoms with Crippen LogP contribution in [0, 0.1) is 0 Å². The second-order valence-electron chi connectivity index (χ2n) is 3.75. The standard InChI is InChI=1S/C12H18N2O3S/c1-8(7-18-4)13-10-6-5-9(12(15)17-3)11(14-10)16-2/h5-6,8H,7H2,1-4H3,(H,13,14). The highest BCUT2D eigenvalue weighted by atomic mass is 32.2. The van der Waals surface area contributed by atoms with Crippen LogP contribution in [-0.2, 0) is 4.74 Å². The fourth-order valence-corrected chi connectivity index (χ4v) is 2.07. The third-order valence-electron chi connectivity index (χ3n) is 2.27. The number of pyridine rings is 1. The lowest BCUT2D eigenvalue weighted by Gasteiger charge is -2.14. The van der Waals surface area contributed by atoms with Crippen molar-refractivity contribution in [1.82, 2.24) is 4.98 Å². The van der Waals surface area contributed by atoms with E-state index in [1.165, 1.54) is 14.2 Å². The minimum Gasteiger partial charge on any atom is -0.480 e. The number of rotatable bonds is 6. The van der Waals surface area contributed by atoms with E-state index in [-0.39, 0.29) is 5.88 Å². The van der Waals surface area contributed by atoms with Crippen LogP contribution >= 0.6 is 11.8 Å². The molecule has 1 rings (SSSR count). The summed E-state index contributed by atoms with van der Waals surface area (Å²) in [6.07, 6.45) is 2.05. The largest absolute Gasteiger partial charge is 0.480 e. The Labute approximate surface area is 111 Å². The maximum Gasteiger partial charge on any atom is 0.343 e. The Balaban J connectivity index is 2.88. The predicted octanol–water partition coefficient (Wildman–Crippen LogP) is 2.04. The second kappa shape index (κ2) is 7.10. The van der Waals surface area contributed by atoms with Crippen LogP contribution in [0.1, 0.15) is 17.3 Å². The zero-order valence-corrected chi connectivity index (χ0v) is 11.8. The smallest absolute Gasteiger partial charge is 0.343 e. The number of aromatic nitrogens is 1. The number of esters is 1. The first kappa shape index (κ1) is 14.6. The molecule has 0 spiro atoms. The van der Waals surface area contributed by atoms with E-state index in [1.807, 2.05) is 6.26 Å². The van der Waals surface area contributed by atoms with Crippen LogP contribution in [-0.4, -0.2) is 43.2 Å². The van der Waals surface area contributed by atoms with Gasteiger partial charge in [-0.05, 0) is 25.3 Å². The molecule has 0 saturated carbocycles. The minimum absolute atomic E-state index is 0.267. The lowest BCUT2D eigenvalue weighted by atomic mass is 10.2. The first-order valence-corrected chi connectivity index (χ1v) is 6.90. The van der Waals surface area contributed by atoms with E-state index in [1.54, 1.807) is 23.9 Å². The summed E-state index contributed by atoms with van der Waals surface area (Å²) in [7, 11) is 2.80. The highest BCUT2D eigenvalue weighted by Crippen LogP contribution is 2.20. The van der Waals surface area contributed by atoms with E-state index in [2.05, 4.69) is 22.0 Å². The van der Waals surface area contributed by atoms with Gasteiger partial charge in [-0.2, -0.15) is 16.7 Å². The SMILES string of the molecule is COC(=O)c1ccc(NC(C)CSC)nc1OC. The van der Waals surface area contributed by atoms with Crippen LogP contribution in [0.25, 0.3) is 0 Å². The quantitative estimate of drug-likeness (QED) is 0.798. The van der Waals surface area contributed by atoms with Gasteiger partial charge in [0.2, 0.25) is 5.88 Å². The van der Waals surface area contributed by atoms with Crippen molar-refractivity contribution in [2.45, 2.75) is 13.0 Å². The fourth-order valence-electron chi connectivity index (χ4n) is 1.49. The molecule has 0 aliphatic rings. The molecule has 5 nitrogen and oxygen atoms in total. The number of thioether (sulfide) groups is 1. The Bertz CT molecular complexity index is 412. The zero-order valence-electron chi connectivity index (χ0n) is 11.0. The molecule has 100 valence electrons. The molecule has 0 aliphatic heterocycles. The molecule has 1 N–H and O–H groups in total. The molecule has 1 aromatic rings. The van der Waals surface area contributed by atoms with Crippen LogP contribution in [0.2, 0.25) is 0 Å². The van der Waals surface area contributed by atoms with Gasteiger partial charge in [0.25, 0.3) is 0 Å². The van der Waals surface area contributed by atoms with E-state index in [0.717, 1.165) is 5.75 Å². The van der Waals surface area contributed by atoms with Crippen molar-refractivity contribution < 1.29 is 14.3 Å². The summed E-state index contributed by atoms with van der Waals surface area (Å²) < 4.78 is 9.75. The lowest BCUT2D eigenvalue weighted by Crippen LogP contribution is -2.19. The van der Waals surface area contributed by atoms with Gasteiger partial charge in [0.05, 0.1) is 14.2 Å². The molecule has 0 amide bonds. The lowest BCUT2D eigenvalue weighted by molar-refractivity contribution is 0.0596. The van der Waals surface area contributed by atoms with Gasteiger partial charge in [0.15, 0.2) is 0 Å². The van der Waals surface area contributed by atoms with E-state index < -0.39 is 5.97 Å². The molecule has 0 radical (unpaired) electrons. The highest BCUT2D eigenvalue weighted by molar-refractivity contribution is 7.98. The van der Waals surface area contributed by atoms with Gasteiger partial charge < -0.3 is 14.8 Å². The van der Waals surface area contributed by atoms with Crippen molar-refractivity contribution >= 4 is 23.5 Å². The number of ether oxygens (including phenoxy) is 2. The number of nitrogens with zero attached hydrogens (tertiary/aromatic N) is 1. The van der Waals surface area contributed by atoms with Gasteiger partial charge in [0.1, 0.15) is 11.4 Å². The van der Waals surface area contributed by atoms with E-state index in [0.29, 0.717) is 17.4 Å². The predicted molar refractivity (Wildman–Crippen MR) is 73.6 cm³/mol. The maximum atomic E-state index is 11.5. The maximum absolute atomic E-state index is 11.5. The zero-order chi connectivity index (χ0) is 13.5. The molecule has 0 fully saturated rings. The van der Waals surface area contributed by atoms with Crippen LogP contribution in [0.3, 0.4) is 0 Å². The number of carbonyl (C=O) groups excluding carboxylic acids is 1. The van der Waals surface area contributed by atoms with Gasteiger partial charge in [-0.25, -0.2) is 4.79 Å². The third-order valence-corrected chi connectivity index (χ3v) is 3.10. The van der Waals surface area contributed by atoms with Crippen LogP contribution in [0.15, 0.2) is 12.1 Å². The van der Waals surface area contributed by atoms with Crippen LogP contribution < -0.4 is 10.1 Å². The Kier molecular flexibility index (Phi) is 5.77. The normalized spacial score (nSPS) is 11.8. The topological polar surface area (TPSA) is 60.5 Å². The summed E-state index contributed by atoms with van der Waals surface area (Å²) in [5, 5.41) is 3.24. The van der Waals surface area contributed by atoms with Gasteiger partial charge >= 0.3 is 5.97 Å². The molecule has 1 atom stereocenters. The van der Waals surface area contributed by atoms with Gasteiger partial charge in [-0.3, -0.25) is 0 Å². The number of anilines is 1. The molecule has 1 heterocycles. The van der Waals surface area contributed by atoms with Crippen molar-refractivity contribution in [1.29, 1.82) is 0 Å². The number of hydrogen-bond donors (Lipinski definition) is 1. The third kappa shape index (κ3) is 3.80. The fraction of sp³-hybridized carbons (Fsp3) is 0.500. The van der Waals surface area contributed by atoms with Gasteiger partial charge in [-0.15, -0.1) is 0 Å². The summed E-state index contributed by atoms with van der Waals surface area (Å²) in [4.78, 5) is 15.7. The van der Waals surface area contributed by atoms with Gasteiger partial charge in [0, 0.05) is 11.8 Å². The molecular formula is C12H18N2O3S. The first-order chi connectivity index (χ1) is 8.62. The van der Waals surface area contributed by atoms with E-state index in [4.69, 9.17) is 4.74 Å². The van der Waals surface area contributed by atoms with Crippen molar-refractivity contribution in [3.63, 3.8) is 0 Å². The van der Waals surface area contributed by atoms with Crippen molar-refractivity contribution in [3.8, 4) is 5.88 Å². The van der Waals surface area contributed by atoms with Crippen molar-refractivity contribution in [2.24, 2.45) is 0 Å². The average Bonchev–Trinajstić information content (AvgIpc) is 2.38. The number of nitrogens with one attached hydrogen (secondary N) is 1. The Morgan fingerprint density at radius 1 is 1.50 bits per heavy atom. The summed E-state index contributed by atoms with van der Waals surface area (Å²) in [5.41, 5.74) is 0.322. The monoisotopic (exact) mass is 270 g/mol. The van der Waals surface area contributed by atoms with Gasteiger partial charge in [-0.1, -0.05) is 0 Å². The molecule has 1 aromatic heterocycles. The minimum atomic E-state index is -0.455. The number of hydrogen-bond acceptors (Lipinski definition) is 6. The molecule has 0 aromatic carbocycles. The molecule has 6 heteroatoms. The van der Waals surface area contributed by atoms with E-state index >= 15 is 0 Å². The van der Waals surface area contributed by atoms with Crippen LogP contribution in [0.5, 0.6) is 5.88 Å². The van der Waals surface area contributed by atoms with Crippen LogP contribution in [0.4, 0.5) is 5.82 Å². The summed E-state index contributed by atoms with van der Waals surface area (Å²) in [5.74, 6) is 1.47. The second-order valence-corrected chi connectivity index (χ2v) is 4.66. The molecule has 0 bridgehead atoms. The molecule has 1 unspecified atom stereocenters. The summed E-state index contributed by atoms with van der Waals surface area (Å²) in [6.45, 7) is 2.07. The molecule has 18 heavy (non-hydrogen) atoms. The Morgan fingerprint density at radius 2 is 2.22 bits per heavy atom. The Hall–Kier alpha value is -1.43. The summed E-state index contributed by atoms with van der Waals surface area (Å²) >= 11 is 1.75. The number of carbonyl (C=O) groups is 1. The number of methoxy groups -OCH3 is 2. The first-order valence-electron chi connectivity index (χ1n) is 5.51. The molecular weight excluding hydrogens is 252 g/mol. The molecule has 0 saturated heterocycles. The van der Waals surface area contributed by atoms with E-state index in [9.17, 15) is 4.79 Å². The highest BCUT2D eigenvalue weighted by Gasteiger charge is 2.15. The molecule has 0 aliphatic carbocycles. The van der Waals surface area contributed by atoms with Crippen molar-refractivity contribution in [3.05, 3.63) is 17.7 Å². The Morgan fingerprint density at radius 3 is 2.78 bits per heavy atom. The van der Waals surface area contributed by atoms with Crippen molar-refractivity contribution in [2.75, 3.05) is 31.5 Å². The summed E-state index contributed by atoms with van der Waals surface area (Å²) in [6, 6.07) is 3.68.